The van der Waals surface area contributed by atoms with Crippen molar-refractivity contribution in [2.24, 2.45) is 5.41 Å². The summed E-state index contributed by atoms with van der Waals surface area (Å²) in [6, 6.07) is 1.80. The van der Waals surface area contributed by atoms with Gasteiger partial charge in [-0.05, 0) is 6.42 Å². The smallest absolute Gasteiger partial charge is 0.334 e. The standard InChI is InChI=1S/C7H9NO4/c8-3-7(1-2-12-4-7)5(9)6(10)11/h5,9H,1-2,4H2,(H,10,11). The third kappa shape index (κ3) is 1.26. The summed E-state index contributed by atoms with van der Waals surface area (Å²) in [4.78, 5) is 10.4. The normalized spacial score (nSPS) is 31.0. The second-order valence-corrected chi connectivity index (χ2v) is 2.81. The van der Waals surface area contributed by atoms with E-state index in [1.807, 2.05) is 0 Å². The lowest BCUT2D eigenvalue weighted by atomic mass is 9.83. The Labute approximate surface area is 69.2 Å². The number of ether oxygens (including phenoxy) is 1. The minimum Gasteiger partial charge on any atom is -0.479 e. The molecule has 1 fully saturated rings. The van der Waals surface area contributed by atoms with E-state index in [9.17, 15) is 9.90 Å². The zero-order chi connectivity index (χ0) is 9.19. The molecule has 2 unspecified atom stereocenters. The van der Waals surface area contributed by atoms with Crippen LogP contribution in [0.25, 0.3) is 0 Å². The van der Waals surface area contributed by atoms with Crippen molar-refractivity contribution in [3.05, 3.63) is 0 Å². The molecule has 0 aliphatic carbocycles. The van der Waals surface area contributed by atoms with Gasteiger partial charge in [-0.3, -0.25) is 0 Å². The van der Waals surface area contributed by atoms with Gasteiger partial charge in [0.15, 0.2) is 6.10 Å². The molecule has 1 heterocycles. The summed E-state index contributed by atoms with van der Waals surface area (Å²) in [6.45, 7) is 0.328. The van der Waals surface area contributed by atoms with Crippen LogP contribution in [0.2, 0.25) is 0 Å². The molecule has 1 aliphatic heterocycles. The highest BCUT2D eigenvalue weighted by atomic mass is 16.5. The molecule has 2 atom stereocenters. The van der Waals surface area contributed by atoms with Crippen LogP contribution in [0, 0.1) is 16.7 Å². The third-order valence-corrected chi connectivity index (χ3v) is 2.03. The van der Waals surface area contributed by atoms with Crippen LogP contribution >= 0.6 is 0 Å². The van der Waals surface area contributed by atoms with E-state index in [-0.39, 0.29) is 13.0 Å². The van der Waals surface area contributed by atoms with Crippen molar-refractivity contribution in [2.75, 3.05) is 13.2 Å². The zero-order valence-electron chi connectivity index (χ0n) is 6.36. The third-order valence-electron chi connectivity index (χ3n) is 2.03. The molecule has 0 aromatic carbocycles. The average Bonchev–Trinajstić information content (AvgIpc) is 2.52. The van der Waals surface area contributed by atoms with E-state index in [0.717, 1.165) is 0 Å². The van der Waals surface area contributed by atoms with Gasteiger partial charge in [-0.25, -0.2) is 4.79 Å². The molecule has 5 heteroatoms. The molecule has 0 saturated carbocycles. The van der Waals surface area contributed by atoms with Gasteiger partial charge in [0, 0.05) is 6.61 Å². The number of aliphatic carboxylic acids is 1. The zero-order valence-corrected chi connectivity index (χ0v) is 6.36. The first kappa shape index (κ1) is 8.97. The summed E-state index contributed by atoms with van der Waals surface area (Å²) < 4.78 is 4.88. The summed E-state index contributed by atoms with van der Waals surface area (Å²) in [7, 11) is 0. The maximum absolute atomic E-state index is 10.4. The van der Waals surface area contributed by atoms with Gasteiger partial charge >= 0.3 is 5.97 Å². The van der Waals surface area contributed by atoms with Crippen molar-refractivity contribution in [3.63, 3.8) is 0 Å². The Morgan fingerprint density at radius 3 is 2.75 bits per heavy atom. The number of aliphatic hydroxyl groups excluding tert-OH is 1. The van der Waals surface area contributed by atoms with E-state index < -0.39 is 17.5 Å². The van der Waals surface area contributed by atoms with Gasteiger partial charge in [0.2, 0.25) is 0 Å². The van der Waals surface area contributed by atoms with Crippen LogP contribution in [-0.2, 0) is 9.53 Å². The molecule has 1 aliphatic rings. The van der Waals surface area contributed by atoms with Gasteiger partial charge in [0.05, 0.1) is 12.7 Å². The van der Waals surface area contributed by atoms with Crippen molar-refractivity contribution < 1.29 is 19.7 Å². The van der Waals surface area contributed by atoms with Gasteiger partial charge in [-0.15, -0.1) is 0 Å². The second kappa shape index (κ2) is 3.09. The molecule has 0 bridgehead atoms. The predicted molar refractivity (Wildman–Crippen MR) is 37.1 cm³/mol. The lowest BCUT2D eigenvalue weighted by Gasteiger charge is -2.21. The summed E-state index contributed by atoms with van der Waals surface area (Å²) in [5.74, 6) is -1.37. The van der Waals surface area contributed by atoms with Gasteiger partial charge in [-0.2, -0.15) is 5.26 Å². The molecule has 0 aromatic heterocycles. The van der Waals surface area contributed by atoms with Crippen molar-refractivity contribution in [2.45, 2.75) is 12.5 Å². The maximum Gasteiger partial charge on any atom is 0.334 e. The van der Waals surface area contributed by atoms with Crippen LogP contribution in [0.3, 0.4) is 0 Å². The number of nitrogens with zero attached hydrogens (tertiary/aromatic N) is 1. The molecule has 66 valence electrons. The number of carbonyl (C=O) groups is 1. The quantitative estimate of drug-likeness (QED) is 0.576. The second-order valence-electron chi connectivity index (χ2n) is 2.81. The largest absolute Gasteiger partial charge is 0.479 e. The Morgan fingerprint density at radius 2 is 2.42 bits per heavy atom. The lowest BCUT2D eigenvalue weighted by Crippen LogP contribution is -2.40. The fourth-order valence-corrected chi connectivity index (χ4v) is 1.18. The number of nitriles is 1. The molecule has 0 radical (unpaired) electrons. The topological polar surface area (TPSA) is 90.5 Å². The fourth-order valence-electron chi connectivity index (χ4n) is 1.18. The molecular weight excluding hydrogens is 162 g/mol. The molecule has 2 N–H and O–H groups in total. The van der Waals surface area contributed by atoms with E-state index in [0.29, 0.717) is 6.61 Å². The van der Waals surface area contributed by atoms with E-state index >= 15 is 0 Å². The van der Waals surface area contributed by atoms with Crippen LogP contribution in [-0.4, -0.2) is 35.5 Å². The predicted octanol–water partition coefficient (Wildman–Crippen LogP) is -0.638. The fraction of sp³-hybridized carbons (Fsp3) is 0.714. The number of hydrogen-bond acceptors (Lipinski definition) is 4. The Bertz CT molecular complexity index is 226. The molecule has 0 amide bonds. The minimum absolute atomic E-state index is 0.00301. The summed E-state index contributed by atoms with van der Waals surface area (Å²) in [5.41, 5.74) is -1.24. The summed E-state index contributed by atoms with van der Waals surface area (Å²) in [6.07, 6.45) is -1.37. The van der Waals surface area contributed by atoms with Crippen molar-refractivity contribution >= 4 is 5.97 Å². The van der Waals surface area contributed by atoms with E-state index in [1.165, 1.54) is 0 Å². The van der Waals surface area contributed by atoms with E-state index in [2.05, 4.69) is 0 Å². The molecule has 0 aromatic rings. The van der Waals surface area contributed by atoms with Gasteiger partial charge in [-0.1, -0.05) is 0 Å². The Balaban J connectivity index is 2.81. The van der Waals surface area contributed by atoms with Crippen LogP contribution < -0.4 is 0 Å². The summed E-state index contributed by atoms with van der Waals surface area (Å²) in [5, 5.41) is 26.3. The average molecular weight is 171 g/mol. The number of carboxylic acids is 1. The highest BCUT2D eigenvalue weighted by Gasteiger charge is 2.46. The Morgan fingerprint density at radius 1 is 1.75 bits per heavy atom. The van der Waals surface area contributed by atoms with Gasteiger partial charge in [0.25, 0.3) is 0 Å². The van der Waals surface area contributed by atoms with Gasteiger partial charge in [0.1, 0.15) is 5.41 Å². The van der Waals surface area contributed by atoms with Crippen molar-refractivity contribution in [1.29, 1.82) is 5.26 Å². The lowest BCUT2D eigenvalue weighted by molar-refractivity contribution is -0.152. The first-order valence-electron chi connectivity index (χ1n) is 3.52. The minimum atomic E-state index is -1.65. The number of carboxylic acid groups (broad SMARTS) is 1. The number of hydrogen-bond donors (Lipinski definition) is 2. The summed E-state index contributed by atoms with van der Waals surface area (Å²) >= 11 is 0. The Hall–Kier alpha value is -1.12. The van der Waals surface area contributed by atoms with Crippen LogP contribution in [0.5, 0.6) is 0 Å². The van der Waals surface area contributed by atoms with Gasteiger partial charge < -0.3 is 14.9 Å². The molecule has 1 saturated heterocycles. The first-order valence-corrected chi connectivity index (χ1v) is 3.52. The molecule has 1 rings (SSSR count). The first-order chi connectivity index (χ1) is 5.62. The highest BCUT2D eigenvalue weighted by Crippen LogP contribution is 2.31. The molecule has 5 nitrogen and oxygen atoms in total. The van der Waals surface area contributed by atoms with Crippen LogP contribution in [0.1, 0.15) is 6.42 Å². The highest BCUT2D eigenvalue weighted by molar-refractivity contribution is 5.74. The molecule has 0 spiro atoms. The monoisotopic (exact) mass is 171 g/mol. The van der Waals surface area contributed by atoms with Crippen molar-refractivity contribution in [3.8, 4) is 6.07 Å². The maximum atomic E-state index is 10.4. The van der Waals surface area contributed by atoms with Crippen LogP contribution in [0.15, 0.2) is 0 Å². The van der Waals surface area contributed by atoms with Crippen LogP contribution in [0.4, 0.5) is 0 Å². The Kier molecular flexibility index (Phi) is 2.31. The number of rotatable bonds is 2. The van der Waals surface area contributed by atoms with Crippen molar-refractivity contribution in [1.82, 2.24) is 0 Å². The number of aliphatic hydroxyl groups is 1. The van der Waals surface area contributed by atoms with E-state index in [1.54, 1.807) is 6.07 Å². The molecular formula is C7H9NO4. The van der Waals surface area contributed by atoms with E-state index in [4.69, 9.17) is 15.1 Å². The SMILES string of the molecule is N#CC1(C(O)C(=O)O)CCOC1. The molecule has 12 heavy (non-hydrogen) atoms.